The lowest BCUT2D eigenvalue weighted by Gasteiger charge is -2.19. The van der Waals surface area contributed by atoms with Crippen LogP contribution in [0.15, 0.2) is 12.1 Å². The first-order chi connectivity index (χ1) is 8.54. The first-order valence-electron chi connectivity index (χ1n) is 5.76. The first kappa shape index (κ1) is 14.3. The van der Waals surface area contributed by atoms with Crippen LogP contribution in [0.4, 0.5) is 0 Å². The predicted molar refractivity (Wildman–Crippen MR) is 68.1 cm³/mol. The van der Waals surface area contributed by atoms with Crippen molar-refractivity contribution in [3.63, 3.8) is 0 Å². The zero-order valence-corrected chi connectivity index (χ0v) is 10.9. The van der Waals surface area contributed by atoms with Crippen LogP contribution < -0.4 is 15.2 Å². The van der Waals surface area contributed by atoms with Crippen molar-refractivity contribution in [3.05, 3.63) is 23.3 Å². The van der Waals surface area contributed by atoms with Crippen LogP contribution in [0.1, 0.15) is 30.5 Å². The van der Waals surface area contributed by atoms with Gasteiger partial charge >= 0.3 is 5.97 Å². The molecule has 0 fully saturated rings. The maximum Gasteiger partial charge on any atom is 0.305 e. The number of benzene rings is 1. The van der Waals surface area contributed by atoms with E-state index in [9.17, 15) is 4.79 Å². The number of methoxy groups -OCH3 is 2. The Hall–Kier alpha value is -1.75. The fourth-order valence-electron chi connectivity index (χ4n) is 1.99. The highest BCUT2D eigenvalue weighted by Crippen LogP contribution is 2.36. The van der Waals surface area contributed by atoms with Crippen molar-refractivity contribution >= 4 is 5.97 Å². The molecule has 18 heavy (non-hydrogen) atoms. The fourth-order valence-corrected chi connectivity index (χ4v) is 1.99. The Morgan fingerprint density at radius 1 is 1.39 bits per heavy atom. The lowest BCUT2D eigenvalue weighted by Crippen LogP contribution is -2.16. The average Bonchev–Trinajstić information content (AvgIpc) is 2.35. The molecule has 0 aliphatic rings. The second-order valence-corrected chi connectivity index (χ2v) is 3.93. The number of carboxylic acids is 1. The van der Waals surface area contributed by atoms with Gasteiger partial charge in [-0.3, -0.25) is 4.79 Å². The first-order valence-corrected chi connectivity index (χ1v) is 5.76. The highest BCUT2D eigenvalue weighted by atomic mass is 16.5. The van der Waals surface area contributed by atoms with E-state index in [4.69, 9.17) is 20.3 Å². The van der Waals surface area contributed by atoms with Gasteiger partial charge in [-0.15, -0.1) is 0 Å². The summed E-state index contributed by atoms with van der Waals surface area (Å²) in [6, 6.07) is 2.96. The molecule has 0 radical (unpaired) electrons. The molecule has 5 heteroatoms. The van der Waals surface area contributed by atoms with Gasteiger partial charge in [0.1, 0.15) is 11.5 Å². The third-order valence-corrected chi connectivity index (χ3v) is 2.82. The van der Waals surface area contributed by atoms with Crippen LogP contribution in [0.3, 0.4) is 0 Å². The molecule has 0 saturated carbocycles. The van der Waals surface area contributed by atoms with Crippen LogP contribution in [0.2, 0.25) is 0 Å². The number of hydrogen-bond donors (Lipinski definition) is 2. The molecule has 0 heterocycles. The van der Waals surface area contributed by atoms with Crippen molar-refractivity contribution in [1.82, 2.24) is 0 Å². The molecule has 0 aliphatic carbocycles. The molecule has 0 bridgehead atoms. The molecule has 0 saturated heterocycles. The van der Waals surface area contributed by atoms with Crippen LogP contribution in [-0.4, -0.2) is 25.3 Å². The molecular formula is C13H19NO4. The van der Waals surface area contributed by atoms with E-state index in [2.05, 4.69) is 0 Å². The van der Waals surface area contributed by atoms with Gasteiger partial charge in [0.25, 0.3) is 0 Å². The van der Waals surface area contributed by atoms with Gasteiger partial charge in [-0.05, 0) is 12.5 Å². The fraction of sp³-hybridized carbons (Fsp3) is 0.462. The van der Waals surface area contributed by atoms with Crippen molar-refractivity contribution in [2.75, 3.05) is 14.2 Å². The second kappa shape index (κ2) is 6.26. The summed E-state index contributed by atoms with van der Waals surface area (Å²) in [5.41, 5.74) is 7.48. The van der Waals surface area contributed by atoms with E-state index in [1.165, 1.54) is 0 Å². The molecule has 0 aliphatic heterocycles. The summed E-state index contributed by atoms with van der Waals surface area (Å²) in [6.45, 7) is 1.98. The van der Waals surface area contributed by atoms with E-state index < -0.39 is 12.0 Å². The quantitative estimate of drug-likeness (QED) is 0.807. The minimum absolute atomic E-state index is 0.133. The number of hydrogen-bond acceptors (Lipinski definition) is 4. The van der Waals surface area contributed by atoms with Crippen molar-refractivity contribution in [2.45, 2.75) is 25.8 Å². The van der Waals surface area contributed by atoms with Crippen LogP contribution in [0.5, 0.6) is 11.5 Å². The van der Waals surface area contributed by atoms with Gasteiger partial charge in [-0.1, -0.05) is 13.0 Å². The standard InChI is InChI=1S/C13H19NO4/c1-4-8-11(17-2)6-5-9(13(8)18-3)10(14)7-12(15)16/h5-6,10H,4,7,14H2,1-3H3,(H,15,16). The SMILES string of the molecule is CCc1c(OC)ccc(C(N)CC(=O)O)c1OC. The summed E-state index contributed by atoms with van der Waals surface area (Å²) in [5.74, 6) is 0.407. The van der Waals surface area contributed by atoms with Crippen LogP contribution >= 0.6 is 0 Å². The smallest absolute Gasteiger partial charge is 0.305 e. The number of carboxylic acid groups (broad SMARTS) is 1. The molecule has 3 N–H and O–H groups in total. The summed E-state index contributed by atoms with van der Waals surface area (Å²) in [4.78, 5) is 10.7. The third-order valence-electron chi connectivity index (χ3n) is 2.82. The topological polar surface area (TPSA) is 81.8 Å². The number of rotatable bonds is 6. The van der Waals surface area contributed by atoms with Crippen molar-refractivity contribution in [2.24, 2.45) is 5.73 Å². The van der Waals surface area contributed by atoms with E-state index in [1.54, 1.807) is 26.4 Å². The predicted octanol–water partition coefficient (Wildman–Crippen LogP) is 1.74. The number of nitrogens with two attached hydrogens (primary N) is 1. The maximum absolute atomic E-state index is 10.7. The molecule has 1 rings (SSSR count). The molecule has 0 amide bonds. The van der Waals surface area contributed by atoms with Crippen LogP contribution in [0.25, 0.3) is 0 Å². The van der Waals surface area contributed by atoms with Gasteiger partial charge in [0.2, 0.25) is 0 Å². The normalized spacial score (nSPS) is 12.0. The summed E-state index contributed by atoms with van der Waals surface area (Å²) >= 11 is 0. The largest absolute Gasteiger partial charge is 0.496 e. The Labute approximate surface area is 107 Å². The van der Waals surface area contributed by atoms with Gasteiger partial charge in [-0.2, -0.15) is 0 Å². The Bertz CT molecular complexity index is 431. The third kappa shape index (κ3) is 2.92. The zero-order chi connectivity index (χ0) is 13.7. The summed E-state index contributed by atoms with van der Waals surface area (Å²) < 4.78 is 10.6. The monoisotopic (exact) mass is 253 g/mol. The van der Waals surface area contributed by atoms with Gasteiger partial charge in [-0.25, -0.2) is 0 Å². The summed E-state index contributed by atoms with van der Waals surface area (Å²) in [5, 5.41) is 8.79. The molecule has 1 aromatic rings. The summed E-state index contributed by atoms with van der Waals surface area (Å²) in [7, 11) is 3.13. The molecule has 100 valence electrons. The summed E-state index contributed by atoms with van der Waals surface area (Å²) in [6.07, 6.45) is 0.589. The van der Waals surface area contributed by atoms with E-state index in [-0.39, 0.29) is 6.42 Å². The minimum atomic E-state index is -0.932. The Morgan fingerprint density at radius 3 is 2.50 bits per heavy atom. The highest BCUT2D eigenvalue weighted by Gasteiger charge is 2.19. The van der Waals surface area contributed by atoms with Gasteiger partial charge in [0.05, 0.1) is 20.6 Å². The number of aliphatic carboxylic acids is 1. The van der Waals surface area contributed by atoms with Crippen molar-refractivity contribution in [3.8, 4) is 11.5 Å². The zero-order valence-electron chi connectivity index (χ0n) is 10.9. The number of ether oxygens (including phenoxy) is 2. The molecule has 1 unspecified atom stereocenters. The van der Waals surface area contributed by atoms with E-state index in [0.29, 0.717) is 11.3 Å². The van der Waals surface area contributed by atoms with Gasteiger partial charge in [0, 0.05) is 17.2 Å². The van der Waals surface area contributed by atoms with Gasteiger partial charge < -0.3 is 20.3 Å². The average molecular weight is 253 g/mol. The Kier molecular flexibility index (Phi) is 4.97. The Morgan fingerprint density at radius 2 is 2.06 bits per heavy atom. The minimum Gasteiger partial charge on any atom is -0.496 e. The lowest BCUT2D eigenvalue weighted by molar-refractivity contribution is -0.137. The molecule has 1 atom stereocenters. The second-order valence-electron chi connectivity index (χ2n) is 3.93. The molecule has 1 aromatic carbocycles. The molecule has 0 aromatic heterocycles. The van der Waals surface area contributed by atoms with E-state index in [0.717, 1.165) is 17.7 Å². The van der Waals surface area contributed by atoms with Crippen LogP contribution in [0, 0.1) is 0 Å². The van der Waals surface area contributed by atoms with Crippen molar-refractivity contribution < 1.29 is 19.4 Å². The van der Waals surface area contributed by atoms with E-state index >= 15 is 0 Å². The molecule has 5 nitrogen and oxygen atoms in total. The molecular weight excluding hydrogens is 234 g/mol. The van der Waals surface area contributed by atoms with Crippen molar-refractivity contribution in [1.29, 1.82) is 0 Å². The van der Waals surface area contributed by atoms with E-state index in [1.807, 2.05) is 6.92 Å². The lowest BCUT2D eigenvalue weighted by atomic mass is 9.98. The van der Waals surface area contributed by atoms with Crippen LogP contribution in [-0.2, 0) is 11.2 Å². The highest BCUT2D eigenvalue weighted by molar-refractivity contribution is 5.68. The Balaban J connectivity index is 3.23. The number of carbonyl (C=O) groups is 1. The molecule has 0 spiro atoms. The maximum atomic E-state index is 10.7. The van der Waals surface area contributed by atoms with Gasteiger partial charge in [0.15, 0.2) is 0 Å².